The summed E-state index contributed by atoms with van der Waals surface area (Å²) in [4.78, 5) is 33.3. The number of anilines is 1. The van der Waals surface area contributed by atoms with Crippen LogP contribution in [0.5, 0.6) is 0 Å². The second-order valence-corrected chi connectivity index (χ2v) is 10.3. The molecule has 7 rings (SSSR count). The van der Waals surface area contributed by atoms with Gasteiger partial charge in [-0.05, 0) is 81.3 Å². The van der Waals surface area contributed by atoms with Crippen LogP contribution in [-0.4, -0.2) is 34.3 Å². The Morgan fingerprint density at radius 3 is 2.47 bits per heavy atom. The normalized spacial score (nSPS) is 34.5. The molecule has 2 aromatic rings. The van der Waals surface area contributed by atoms with Crippen molar-refractivity contribution in [3.05, 3.63) is 36.5 Å². The summed E-state index contributed by atoms with van der Waals surface area (Å²) in [6.45, 7) is 0.717. The fraction of sp³-hybridized carbons (Fsp3) is 0.560. The lowest BCUT2D eigenvalue weighted by Crippen LogP contribution is -2.56. The van der Waals surface area contributed by atoms with Crippen LogP contribution in [0.15, 0.2) is 36.5 Å². The number of hydrogen-bond acceptors (Lipinski definition) is 3. The van der Waals surface area contributed by atoms with E-state index in [0.29, 0.717) is 12.2 Å². The first-order valence-corrected chi connectivity index (χ1v) is 11.6. The SMILES string of the molecule is O=C(Nc1cnc2ccccc2c1)C1CCCN1C(=O)C12CC3CC(CC(C3)C1)C2. The molecule has 1 aromatic carbocycles. The molecule has 1 N–H and O–H groups in total. The number of nitrogens with zero attached hydrogens (tertiary/aromatic N) is 2. The Balaban J connectivity index is 1.21. The van der Waals surface area contributed by atoms with Crippen molar-refractivity contribution in [2.45, 2.75) is 57.4 Å². The maximum absolute atomic E-state index is 13.8. The Morgan fingerprint density at radius 1 is 1.03 bits per heavy atom. The minimum atomic E-state index is -0.350. The number of aromatic nitrogens is 1. The molecule has 5 fully saturated rings. The first kappa shape index (κ1) is 18.3. The molecule has 1 atom stereocenters. The Morgan fingerprint density at radius 2 is 1.73 bits per heavy atom. The third-order valence-corrected chi connectivity index (χ3v) is 8.17. The topological polar surface area (TPSA) is 62.3 Å². The van der Waals surface area contributed by atoms with Crippen LogP contribution in [0, 0.1) is 23.2 Å². The Kier molecular flexibility index (Phi) is 4.15. The van der Waals surface area contributed by atoms with Gasteiger partial charge in [-0.15, -0.1) is 0 Å². The molecule has 5 heteroatoms. The fourth-order valence-corrected chi connectivity index (χ4v) is 7.32. The number of fused-ring (bicyclic) bond motifs is 1. The van der Waals surface area contributed by atoms with Crippen LogP contribution in [-0.2, 0) is 9.59 Å². The monoisotopic (exact) mass is 403 g/mol. The van der Waals surface area contributed by atoms with Gasteiger partial charge in [0.15, 0.2) is 0 Å². The lowest BCUT2D eigenvalue weighted by Gasteiger charge is -2.56. The number of carbonyl (C=O) groups is 2. The zero-order valence-corrected chi connectivity index (χ0v) is 17.3. The van der Waals surface area contributed by atoms with E-state index in [4.69, 9.17) is 0 Å². The van der Waals surface area contributed by atoms with Gasteiger partial charge in [-0.1, -0.05) is 18.2 Å². The van der Waals surface area contributed by atoms with E-state index in [-0.39, 0.29) is 23.3 Å². The number of carbonyl (C=O) groups excluding carboxylic acids is 2. The van der Waals surface area contributed by atoms with Crippen molar-refractivity contribution in [1.29, 1.82) is 0 Å². The smallest absolute Gasteiger partial charge is 0.247 e. The highest BCUT2D eigenvalue weighted by Gasteiger charge is 2.56. The minimum absolute atomic E-state index is 0.0670. The Labute approximate surface area is 177 Å². The van der Waals surface area contributed by atoms with Crippen LogP contribution < -0.4 is 5.32 Å². The second-order valence-electron chi connectivity index (χ2n) is 10.3. The first-order valence-electron chi connectivity index (χ1n) is 11.6. The van der Waals surface area contributed by atoms with E-state index in [1.165, 1.54) is 19.3 Å². The highest BCUT2D eigenvalue weighted by molar-refractivity contribution is 5.99. The summed E-state index contributed by atoms with van der Waals surface area (Å²) in [5.41, 5.74) is 1.44. The molecule has 0 spiro atoms. The number of pyridine rings is 1. The van der Waals surface area contributed by atoms with Crippen molar-refractivity contribution in [2.75, 3.05) is 11.9 Å². The van der Waals surface area contributed by atoms with Crippen LogP contribution in [0.3, 0.4) is 0 Å². The Bertz CT molecular complexity index is 981. The molecule has 5 nitrogen and oxygen atoms in total. The molecular weight excluding hydrogens is 374 g/mol. The van der Waals surface area contributed by atoms with Gasteiger partial charge in [0.2, 0.25) is 11.8 Å². The maximum Gasteiger partial charge on any atom is 0.247 e. The molecule has 4 bridgehead atoms. The molecule has 1 saturated heterocycles. The van der Waals surface area contributed by atoms with Gasteiger partial charge in [-0.25, -0.2) is 0 Å². The van der Waals surface area contributed by atoms with E-state index in [0.717, 1.165) is 60.8 Å². The summed E-state index contributed by atoms with van der Waals surface area (Å²) < 4.78 is 0. The first-order chi connectivity index (χ1) is 14.6. The standard InChI is InChI=1S/C25H29N3O2/c29-23(27-20-11-19-4-1-2-5-21(19)26-15-20)22-6-3-7-28(22)24(30)25-12-16-8-17(13-25)10-18(9-16)14-25/h1-2,4-5,11,15-18,22H,3,6-10,12-14H2,(H,27,29). The van der Waals surface area contributed by atoms with Crippen LogP contribution in [0.2, 0.25) is 0 Å². The Hall–Kier alpha value is -2.43. The minimum Gasteiger partial charge on any atom is -0.330 e. The zero-order valence-electron chi connectivity index (χ0n) is 17.3. The van der Waals surface area contributed by atoms with E-state index in [9.17, 15) is 9.59 Å². The number of likely N-dealkylation sites (tertiary alicyclic amines) is 1. The maximum atomic E-state index is 13.8. The van der Waals surface area contributed by atoms with Crippen molar-refractivity contribution in [2.24, 2.45) is 23.2 Å². The molecule has 4 saturated carbocycles. The van der Waals surface area contributed by atoms with Gasteiger partial charge in [-0.2, -0.15) is 0 Å². The molecule has 2 amide bonds. The largest absolute Gasteiger partial charge is 0.330 e. The predicted octanol–water partition coefficient (Wildman–Crippen LogP) is 4.38. The van der Waals surface area contributed by atoms with Crippen LogP contribution in [0.4, 0.5) is 5.69 Å². The molecule has 5 aliphatic rings. The van der Waals surface area contributed by atoms with E-state index < -0.39 is 0 Å². The highest BCUT2D eigenvalue weighted by Crippen LogP contribution is 2.60. The lowest BCUT2D eigenvalue weighted by atomic mass is 9.49. The average Bonchev–Trinajstić information content (AvgIpc) is 3.22. The summed E-state index contributed by atoms with van der Waals surface area (Å²) in [6.07, 6.45) is 10.5. The van der Waals surface area contributed by atoms with Crippen LogP contribution in [0.1, 0.15) is 51.4 Å². The van der Waals surface area contributed by atoms with Crippen molar-refractivity contribution in [1.82, 2.24) is 9.88 Å². The molecule has 4 aliphatic carbocycles. The summed E-state index contributed by atoms with van der Waals surface area (Å²) in [5, 5.41) is 4.04. The quantitative estimate of drug-likeness (QED) is 0.827. The predicted molar refractivity (Wildman–Crippen MR) is 116 cm³/mol. The third kappa shape index (κ3) is 2.93. The molecule has 1 unspecified atom stereocenters. The van der Waals surface area contributed by atoms with Gasteiger partial charge >= 0.3 is 0 Å². The van der Waals surface area contributed by atoms with E-state index >= 15 is 0 Å². The van der Waals surface area contributed by atoms with E-state index in [2.05, 4.69) is 10.3 Å². The lowest BCUT2D eigenvalue weighted by molar-refractivity contribution is -0.160. The number of amides is 2. The summed E-state index contributed by atoms with van der Waals surface area (Å²) in [6, 6.07) is 9.50. The van der Waals surface area contributed by atoms with Crippen LogP contribution in [0.25, 0.3) is 10.9 Å². The second kappa shape index (κ2) is 6.79. The van der Waals surface area contributed by atoms with Gasteiger partial charge in [-0.3, -0.25) is 14.6 Å². The fourth-order valence-electron chi connectivity index (χ4n) is 7.32. The highest BCUT2D eigenvalue weighted by atomic mass is 16.2. The summed E-state index contributed by atoms with van der Waals surface area (Å²) in [7, 11) is 0. The third-order valence-electron chi connectivity index (χ3n) is 8.17. The summed E-state index contributed by atoms with van der Waals surface area (Å²) >= 11 is 0. The van der Waals surface area contributed by atoms with Crippen molar-refractivity contribution in [3.63, 3.8) is 0 Å². The number of benzene rings is 1. The van der Waals surface area contributed by atoms with Crippen molar-refractivity contribution < 1.29 is 9.59 Å². The van der Waals surface area contributed by atoms with E-state index in [1.54, 1.807) is 6.20 Å². The molecule has 0 radical (unpaired) electrons. The number of hydrogen-bond donors (Lipinski definition) is 1. The van der Waals surface area contributed by atoms with Crippen molar-refractivity contribution in [3.8, 4) is 0 Å². The molecule has 30 heavy (non-hydrogen) atoms. The molecule has 156 valence electrons. The molecule has 2 heterocycles. The van der Waals surface area contributed by atoms with Crippen LogP contribution >= 0.6 is 0 Å². The van der Waals surface area contributed by atoms with Gasteiger partial charge in [0.05, 0.1) is 22.8 Å². The zero-order chi connectivity index (χ0) is 20.3. The number of nitrogens with one attached hydrogen (secondary N) is 1. The molecular formula is C25H29N3O2. The van der Waals surface area contributed by atoms with E-state index in [1.807, 2.05) is 35.2 Å². The number of para-hydroxylation sites is 1. The van der Waals surface area contributed by atoms with Crippen molar-refractivity contribution >= 4 is 28.4 Å². The molecule has 1 aromatic heterocycles. The summed E-state index contributed by atoms with van der Waals surface area (Å²) in [5.74, 6) is 2.41. The van der Waals surface area contributed by atoms with Gasteiger partial charge in [0, 0.05) is 11.9 Å². The van der Waals surface area contributed by atoms with Gasteiger partial charge < -0.3 is 10.2 Å². The molecule has 1 aliphatic heterocycles. The number of rotatable bonds is 3. The van der Waals surface area contributed by atoms with Gasteiger partial charge in [0.1, 0.15) is 6.04 Å². The average molecular weight is 404 g/mol. The van der Waals surface area contributed by atoms with Gasteiger partial charge in [0.25, 0.3) is 0 Å².